The lowest BCUT2D eigenvalue weighted by atomic mass is 10.1. The van der Waals surface area contributed by atoms with E-state index in [0.29, 0.717) is 11.8 Å². The standard InChI is InChI=1S/C38H42N2O5/c1-41-33-19-11-29(12-20-33)30-13-23-35(24-14-30)43-27-9-7-5-3-4-6-8-10-28-44-36-25-17-32(18-26-36)38-40-39-37(45-38)31-15-21-34(42-2)22-16-31/h11-26H,3-10,27-28H2,1-2H3. The van der Waals surface area contributed by atoms with Crippen LogP contribution < -0.4 is 18.9 Å². The van der Waals surface area contributed by atoms with E-state index in [1.165, 1.54) is 49.7 Å². The molecule has 234 valence electrons. The van der Waals surface area contributed by atoms with Gasteiger partial charge in [-0.05, 0) is 96.8 Å². The fraction of sp³-hybridized carbons (Fsp3) is 0.316. The largest absolute Gasteiger partial charge is 0.497 e. The first kappa shape index (κ1) is 31.6. The van der Waals surface area contributed by atoms with Crippen LogP contribution in [-0.4, -0.2) is 37.6 Å². The Morgan fingerprint density at radius 1 is 0.400 bits per heavy atom. The van der Waals surface area contributed by atoms with Crippen LogP contribution in [0.25, 0.3) is 34.0 Å². The van der Waals surface area contributed by atoms with Gasteiger partial charge in [0.2, 0.25) is 11.8 Å². The molecule has 0 unspecified atom stereocenters. The van der Waals surface area contributed by atoms with Crippen LogP contribution in [0.5, 0.6) is 23.0 Å². The summed E-state index contributed by atoms with van der Waals surface area (Å²) in [6, 6.07) is 31.8. The van der Waals surface area contributed by atoms with Crippen molar-refractivity contribution in [2.45, 2.75) is 51.4 Å². The van der Waals surface area contributed by atoms with Gasteiger partial charge in [-0.25, -0.2) is 0 Å². The van der Waals surface area contributed by atoms with Gasteiger partial charge in [-0.2, -0.15) is 0 Å². The maximum Gasteiger partial charge on any atom is 0.248 e. The molecule has 0 aliphatic rings. The first-order valence-electron chi connectivity index (χ1n) is 15.8. The van der Waals surface area contributed by atoms with Gasteiger partial charge in [0.15, 0.2) is 0 Å². The first-order chi connectivity index (χ1) is 22.2. The Hall–Kier alpha value is -4.78. The van der Waals surface area contributed by atoms with Gasteiger partial charge in [0.25, 0.3) is 0 Å². The molecule has 45 heavy (non-hydrogen) atoms. The third-order valence-electron chi connectivity index (χ3n) is 7.72. The molecule has 4 aromatic carbocycles. The van der Waals surface area contributed by atoms with Gasteiger partial charge in [-0.3, -0.25) is 0 Å². The summed E-state index contributed by atoms with van der Waals surface area (Å²) in [4.78, 5) is 0. The molecule has 7 nitrogen and oxygen atoms in total. The molecule has 1 aromatic heterocycles. The van der Waals surface area contributed by atoms with E-state index in [1.54, 1.807) is 14.2 Å². The van der Waals surface area contributed by atoms with Gasteiger partial charge < -0.3 is 23.4 Å². The van der Waals surface area contributed by atoms with Gasteiger partial charge in [0.05, 0.1) is 27.4 Å². The zero-order valence-corrected chi connectivity index (χ0v) is 26.2. The summed E-state index contributed by atoms with van der Waals surface area (Å²) in [5, 5.41) is 8.38. The van der Waals surface area contributed by atoms with E-state index in [0.717, 1.165) is 60.2 Å². The number of aromatic nitrogens is 2. The van der Waals surface area contributed by atoms with Crippen molar-refractivity contribution in [3.8, 4) is 57.0 Å². The Balaban J connectivity index is 0.880. The number of hydrogen-bond donors (Lipinski definition) is 0. The van der Waals surface area contributed by atoms with Crippen molar-refractivity contribution in [3.63, 3.8) is 0 Å². The minimum absolute atomic E-state index is 0.477. The van der Waals surface area contributed by atoms with E-state index in [4.69, 9.17) is 23.4 Å². The monoisotopic (exact) mass is 606 g/mol. The predicted octanol–water partition coefficient (Wildman–Crippen LogP) is 9.67. The highest BCUT2D eigenvalue weighted by Crippen LogP contribution is 2.27. The molecule has 0 aliphatic carbocycles. The van der Waals surface area contributed by atoms with Crippen molar-refractivity contribution in [2.24, 2.45) is 0 Å². The summed E-state index contributed by atoms with van der Waals surface area (Å²) in [7, 11) is 3.32. The fourth-order valence-corrected chi connectivity index (χ4v) is 5.06. The molecule has 0 saturated carbocycles. The molecule has 0 saturated heterocycles. The Kier molecular flexibility index (Phi) is 11.9. The Bertz CT molecular complexity index is 1550. The summed E-state index contributed by atoms with van der Waals surface area (Å²) < 4.78 is 28.2. The highest BCUT2D eigenvalue weighted by molar-refractivity contribution is 5.65. The SMILES string of the molecule is COc1ccc(-c2ccc(OCCCCCCCCCCOc3ccc(-c4nnc(-c5ccc(OC)cc5)o4)cc3)cc2)cc1. The molecular weight excluding hydrogens is 564 g/mol. The van der Waals surface area contributed by atoms with Crippen molar-refractivity contribution in [3.05, 3.63) is 97.1 Å². The van der Waals surface area contributed by atoms with Crippen LogP contribution in [0.4, 0.5) is 0 Å². The third kappa shape index (κ3) is 9.60. The molecule has 0 spiro atoms. The number of benzene rings is 4. The summed E-state index contributed by atoms with van der Waals surface area (Å²) in [6.45, 7) is 1.49. The van der Waals surface area contributed by atoms with E-state index >= 15 is 0 Å². The fourth-order valence-electron chi connectivity index (χ4n) is 5.06. The van der Waals surface area contributed by atoms with Crippen LogP contribution in [0.3, 0.4) is 0 Å². The summed E-state index contributed by atoms with van der Waals surface area (Å²) in [6.07, 6.45) is 9.57. The van der Waals surface area contributed by atoms with E-state index in [9.17, 15) is 0 Å². The average molecular weight is 607 g/mol. The third-order valence-corrected chi connectivity index (χ3v) is 7.72. The van der Waals surface area contributed by atoms with Crippen LogP contribution in [0.15, 0.2) is 101 Å². The molecule has 0 amide bonds. The molecule has 0 radical (unpaired) electrons. The predicted molar refractivity (Wildman–Crippen MR) is 178 cm³/mol. The second kappa shape index (κ2) is 16.9. The topological polar surface area (TPSA) is 75.8 Å². The van der Waals surface area contributed by atoms with Crippen LogP contribution in [-0.2, 0) is 0 Å². The van der Waals surface area contributed by atoms with Crippen molar-refractivity contribution in [2.75, 3.05) is 27.4 Å². The highest BCUT2D eigenvalue weighted by Gasteiger charge is 2.11. The lowest BCUT2D eigenvalue weighted by Gasteiger charge is -2.08. The normalized spacial score (nSPS) is 10.9. The van der Waals surface area contributed by atoms with E-state index < -0.39 is 0 Å². The highest BCUT2D eigenvalue weighted by atomic mass is 16.5. The van der Waals surface area contributed by atoms with Crippen molar-refractivity contribution in [1.82, 2.24) is 10.2 Å². The lowest BCUT2D eigenvalue weighted by Crippen LogP contribution is -1.98. The number of hydrogen-bond acceptors (Lipinski definition) is 7. The van der Waals surface area contributed by atoms with Gasteiger partial charge in [-0.1, -0.05) is 62.8 Å². The zero-order chi connectivity index (χ0) is 31.1. The van der Waals surface area contributed by atoms with Crippen LogP contribution in [0.2, 0.25) is 0 Å². The second-order valence-electron chi connectivity index (χ2n) is 10.9. The Morgan fingerprint density at radius 2 is 0.711 bits per heavy atom. The molecule has 7 heteroatoms. The number of unbranched alkanes of at least 4 members (excludes halogenated alkanes) is 7. The maximum absolute atomic E-state index is 5.95. The maximum atomic E-state index is 5.95. The number of nitrogens with zero attached hydrogens (tertiary/aromatic N) is 2. The van der Waals surface area contributed by atoms with E-state index in [1.807, 2.05) is 72.8 Å². The molecule has 5 rings (SSSR count). The number of rotatable bonds is 18. The van der Waals surface area contributed by atoms with Crippen molar-refractivity contribution in [1.29, 1.82) is 0 Å². The zero-order valence-electron chi connectivity index (χ0n) is 26.2. The molecule has 0 bridgehead atoms. The smallest absolute Gasteiger partial charge is 0.248 e. The molecule has 0 fully saturated rings. The van der Waals surface area contributed by atoms with Gasteiger partial charge >= 0.3 is 0 Å². The molecule has 0 N–H and O–H groups in total. The van der Waals surface area contributed by atoms with E-state index in [2.05, 4.69) is 34.5 Å². The number of ether oxygens (including phenoxy) is 4. The Morgan fingerprint density at radius 3 is 1.07 bits per heavy atom. The summed E-state index contributed by atoms with van der Waals surface area (Å²) in [5.41, 5.74) is 4.06. The number of methoxy groups -OCH3 is 2. The minimum Gasteiger partial charge on any atom is -0.497 e. The first-order valence-corrected chi connectivity index (χ1v) is 15.8. The van der Waals surface area contributed by atoms with Gasteiger partial charge in [0.1, 0.15) is 23.0 Å². The van der Waals surface area contributed by atoms with Crippen molar-refractivity contribution >= 4 is 0 Å². The molecule has 5 aromatic rings. The Labute approximate surface area is 266 Å². The molecule has 1 heterocycles. The quantitative estimate of drug-likeness (QED) is 0.0919. The van der Waals surface area contributed by atoms with Gasteiger partial charge in [0, 0.05) is 11.1 Å². The van der Waals surface area contributed by atoms with Crippen LogP contribution in [0.1, 0.15) is 51.4 Å². The minimum atomic E-state index is 0.477. The molecule has 0 aliphatic heterocycles. The summed E-state index contributed by atoms with van der Waals surface area (Å²) in [5.74, 6) is 4.39. The lowest BCUT2D eigenvalue weighted by molar-refractivity contribution is 0.301. The van der Waals surface area contributed by atoms with Crippen molar-refractivity contribution < 1.29 is 23.4 Å². The summed E-state index contributed by atoms with van der Waals surface area (Å²) >= 11 is 0. The van der Waals surface area contributed by atoms with Crippen LogP contribution in [0, 0.1) is 0 Å². The molecular formula is C38H42N2O5. The molecule has 0 atom stereocenters. The van der Waals surface area contributed by atoms with Gasteiger partial charge in [-0.15, -0.1) is 10.2 Å². The average Bonchev–Trinajstić information content (AvgIpc) is 3.60. The van der Waals surface area contributed by atoms with E-state index in [-0.39, 0.29) is 0 Å². The van der Waals surface area contributed by atoms with Crippen LogP contribution >= 0.6 is 0 Å². The second-order valence-corrected chi connectivity index (χ2v) is 10.9.